The Bertz CT molecular complexity index is 875. The molecule has 0 bridgehead atoms. The predicted octanol–water partition coefficient (Wildman–Crippen LogP) is 5.65. The maximum atomic E-state index is 11.4. The van der Waals surface area contributed by atoms with Crippen molar-refractivity contribution in [2.75, 3.05) is 13.2 Å². The normalized spacial score (nSPS) is 16.9. The summed E-state index contributed by atoms with van der Waals surface area (Å²) in [6.07, 6.45) is 1.64. The van der Waals surface area contributed by atoms with E-state index in [0.717, 1.165) is 47.5 Å². The number of nitrogens with two attached hydrogens (primary N) is 1. The molecule has 5 nitrogen and oxygen atoms in total. The number of benzene rings is 2. The highest BCUT2D eigenvalue weighted by atomic mass is 16.6. The summed E-state index contributed by atoms with van der Waals surface area (Å²) in [7, 11) is 0. The van der Waals surface area contributed by atoms with Crippen molar-refractivity contribution in [2.24, 2.45) is 11.1 Å². The van der Waals surface area contributed by atoms with E-state index in [4.69, 9.17) is 19.9 Å². The molecule has 1 amide bonds. The largest absolute Gasteiger partial charge is 0.493 e. The van der Waals surface area contributed by atoms with Gasteiger partial charge in [-0.3, -0.25) is 0 Å². The minimum Gasteiger partial charge on any atom is -0.493 e. The van der Waals surface area contributed by atoms with Gasteiger partial charge in [0, 0.05) is 17.0 Å². The first-order chi connectivity index (χ1) is 13.9. The molecule has 0 aliphatic heterocycles. The number of rotatable bonds is 8. The van der Waals surface area contributed by atoms with Crippen LogP contribution in [0.5, 0.6) is 11.5 Å². The molecular weight excluding hydrogens is 366 g/mol. The van der Waals surface area contributed by atoms with Crippen molar-refractivity contribution in [3.05, 3.63) is 47.5 Å². The van der Waals surface area contributed by atoms with E-state index >= 15 is 0 Å². The number of carbonyl (C=O) groups excluding carboxylic acids is 1. The smallest absolute Gasteiger partial charge is 0.405 e. The van der Waals surface area contributed by atoms with Crippen LogP contribution in [0.3, 0.4) is 0 Å². The van der Waals surface area contributed by atoms with Gasteiger partial charge < -0.3 is 19.9 Å². The zero-order valence-corrected chi connectivity index (χ0v) is 17.8. The average molecular weight is 398 g/mol. The Balaban J connectivity index is 1.96. The van der Waals surface area contributed by atoms with Gasteiger partial charge in [-0.2, -0.15) is 0 Å². The molecule has 2 aromatic carbocycles. The molecule has 0 saturated heterocycles. The summed E-state index contributed by atoms with van der Waals surface area (Å²) >= 11 is 0. The molecule has 0 radical (unpaired) electrons. The molecule has 2 N–H and O–H groups in total. The molecule has 2 aromatic rings. The molecule has 0 spiro atoms. The van der Waals surface area contributed by atoms with E-state index in [1.807, 2.05) is 18.2 Å². The fraction of sp³-hybridized carbons (Fsp3) is 0.458. The number of amides is 1. The first-order valence-corrected chi connectivity index (χ1v) is 10.3. The van der Waals surface area contributed by atoms with E-state index in [0.29, 0.717) is 13.2 Å². The standard InChI is InChI=1S/C24H31NO4/c1-5-11-27-18-8-10-19(21(14-18)28-12-6-2)16-7-9-20-17(13-16)15-24(3,4)22(20)29-23(25)26/h7-10,13-14,22H,5-6,11-12,15H2,1-4H3,(H2,25,26). The third-order valence-electron chi connectivity index (χ3n) is 5.21. The van der Waals surface area contributed by atoms with E-state index in [1.165, 1.54) is 5.56 Å². The molecule has 156 valence electrons. The molecule has 1 atom stereocenters. The summed E-state index contributed by atoms with van der Waals surface area (Å²) in [5, 5.41) is 0. The highest BCUT2D eigenvalue weighted by molar-refractivity contribution is 5.73. The van der Waals surface area contributed by atoms with Crippen molar-refractivity contribution in [3.8, 4) is 22.6 Å². The molecule has 3 rings (SSSR count). The number of primary amides is 1. The van der Waals surface area contributed by atoms with E-state index in [2.05, 4.69) is 45.9 Å². The average Bonchev–Trinajstić information content (AvgIpc) is 2.93. The molecule has 1 unspecified atom stereocenters. The Morgan fingerprint density at radius 3 is 2.48 bits per heavy atom. The molecule has 0 fully saturated rings. The molecule has 29 heavy (non-hydrogen) atoms. The summed E-state index contributed by atoms with van der Waals surface area (Å²) in [6, 6.07) is 12.3. The molecule has 0 aromatic heterocycles. The topological polar surface area (TPSA) is 70.8 Å². The highest BCUT2D eigenvalue weighted by Crippen LogP contribution is 2.48. The van der Waals surface area contributed by atoms with Crippen LogP contribution in [0.25, 0.3) is 11.1 Å². The number of carbonyl (C=O) groups is 1. The van der Waals surface area contributed by atoms with Gasteiger partial charge in [0.15, 0.2) is 0 Å². The Morgan fingerprint density at radius 1 is 1.07 bits per heavy atom. The number of fused-ring (bicyclic) bond motifs is 1. The second-order valence-electron chi connectivity index (χ2n) is 8.25. The minimum atomic E-state index is -0.738. The lowest BCUT2D eigenvalue weighted by molar-refractivity contribution is 0.0392. The molecular formula is C24H31NO4. The highest BCUT2D eigenvalue weighted by Gasteiger charge is 2.41. The van der Waals surface area contributed by atoms with Crippen molar-refractivity contribution < 1.29 is 19.0 Å². The summed E-state index contributed by atoms with van der Waals surface area (Å²) in [5.74, 6) is 1.64. The van der Waals surface area contributed by atoms with Crippen LogP contribution in [-0.4, -0.2) is 19.3 Å². The van der Waals surface area contributed by atoms with Gasteiger partial charge in [-0.15, -0.1) is 0 Å². The fourth-order valence-electron chi connectivity index (χ4n) is 3.91. The van der Waals surface area contributed by atoms with Crippen LogP contribution in [0.1, 0.15) is 57.8 Å². The lowest BCUT2D eigenvalue weighted by Gasteiger charge is -2.26. The molecule has 0 saturated carbocycles. The first-order valence-electron chi connectivity index (χ1n) is 10.3. The number of hydrogen-bond acceptors (Lipinski definition) is 4. The van der Waals surface area contributed by atoms with Crippen LogP contribution in [0.15, 0.2) is 36.4 Å². The maximum Gasteiger partial charge on any atom is 0.405 e. The van der Waals surface area contributed by atoms with Crippen LogP contribution in [-0.2, 0) is 11.2 Å². The van der Waals surface area contributed by atoms with E-state index < -0.39 is 6.09 Å². The van der Waals surface area contributed by atoms with Crippen molar-refractivity contribution in [3.63, 3.8) is 0 Å². The van der Waals surface area contributed by atoms with E-state index in [9.17, 15) is 4.79 Å². The van der Waals surface area contributed by atoms with Gasteiger partial charge in [0.25, 0.3) is 0 Å². The molecule has 1 aliphatic rings. The van der Waals surface area contributed by atoms with E-state index in [1.54, 1.807) is 0 Å². The van der Waals surface area contributed by atoms with Gasteiger partial charge in [0.05, 0.1) is 13.2 Å². The number of ether oxygens (including phenoxy) is 3. The molecule has 1 aliphatic carbocycles. The third kappa shape index (κ3) is 4.66. The molecule has 0 heterocycles. The fourth-order valence-corrected chi connectivity index (χ4v) is 3.91. The third-order valence-corrected chi connectivity index (χ3v) is 5.21. The second kappa shape index (κ2) is 8.76. The zero-order valence-electron chi connectivity index (χ0n) is 17.8. The van der Waals surface area contributed by atoms with Crippen molar-refractivity contribution >= 4 is 6.09 Å². The summed E-state index contributed by atoms with van der Waals surface area (Å²) < 4.78 is 17.2. The maximum absolute atomic E-state index is 11.4. The Kier molecular flexibility index (Phi) is 6.36. The quantitative estimate of drug-likeness (QED) is 0.625. The Labute approximate surface area is 173 Å². The van der Waals surface area contributed by atoms with E-state index in [-0.39, 0.29) is 11.5 Å². The monoisotopic (exact) mass is 397 g/mol. The minimum absolute atomic E-state index is 0.199. The van der Waals surface area contributed by atoms with Crippen LogP contribution >= 0.6 is 0 Å². The molecule has 5 heteroatoms. The SMILES string of the molecule is CCCOc1ccc(-c2ccc3c(c2)CC(C)(C)C3OC(N)=O)c(OCCC)c1. The van der Waals surface area contributed by atoms with Gasteiger partial charge >= 0.3 is 6.09 Å². The lowest BCUT2D eigenvalue weighted by Crippen LogP contribution is -2.25. The van der Waals surface area contributed by atoms with Gasteiger partial charge in [0.2, 0.25) is 0 Å². The van der Waals surface area contributed by atoms with Crippen molar-refractivity contribution in [1.82, 2.24) is 0 Å². The van der Waals surface area contributed by atoms with Gasteiger partial charge in [-0.25, -0.2) is 4.79 Å². The van der Waals surface area contributed by atoms with Gasteiger partial charge in [-0.05, 0) is 48.1 Å². The lowest BCUT2D eigenvalue weighted by atomic mass is 9.87. The summed E-state index contributed by atoms with van der Waals surface area (Å²) in [6.45, 7) is 9.70. The predicted molar refractivity (Wildman–Crippen MR) is 114 cm³/mol. The zero-order chi connectivity index (χ0) is 21.0. The van der Waals surface area contributed by atoms with Gasteiger partial charge in [-0.1, -0.05) is 45.9 Å². The van der Waals surface area contributed by atoms with Crippen molar-refractivity contribution in [2.45, 2.75) is 53.1 Å². The van der Waals surface area contributed by atoms with Crippen molar-refractivity contribution in [1.29, 1.82) is 0 Å². The van der Waals surface area contributed by atoms with Crippen LogP contribution in [0.2, 0.25) is 0 Å². The summed E-state index contributed by atoms with van der Waals surface area (Å²) in [4.78, 5) is 11.4. The van der Waals surface area contributed by atoms with Crippen LogP contribution < -0.4 is 15.2 Å². The number of hydrogen-bond donors (Lipinski definition) is 1. The second-order valence-corrected chi connectivity index (χ2v) is 8.25. The van der Waals surface area contributed by atoms with Crippen LogP contribution in [0, 0.1) is 5.41 Å². The van der Waals surface area contributed by atoms with Crippen LogP contribution in [0.4, 0.5) is 4.79 Å². The Hall–Kier alpha value is -2.69. The summed E-state index contributed by atoms with van der Waals surface area (Å²) in [5.41, 5.74) is 9.40. The Morgan fingerprint density at radius 2 is 1.79 bits per heavy atom. The van der Waals surface area contributed by atoms with Gasteiger partial charge in [0.1, 0.15) is 17.6 Å². The first kappa shape index (κ1) is 21.0.